The molecule has 0 aliphatic heterocycles. The van der Waals surface area contributed by atoms with E-state index in [1.807, 2.05) is 25.1 Å². The van der Waals surface area contributed by atoms with Gasteiger partial charge in [-0.3, -0.25) is 0 Å². The SMILES string of the molecule is CN(C)c1cccc2c(S(=O)(=O)NC(CCO)C(=O)[O-])cccc12. The number of hydrogen-bond acceptors (Lipinski definition) is 6. The van der Waals surface area contributed by atoms with Gasteiger partial charge in [0.05, 0.1) is 16.9 Å². The number of carbonyl (C=O) groups excluding carboxylic acids is 1. The zero-order valence-electron chi connectivity index (χ0n) is 13.4. The van der Waals surface area contributed by atoms with E-state index in [9.17, 15) is 18.3 Å². The normalized spacial score (nSPS) is 13.0. The van der Waals surface area contributed by atoms with Crippen molar-refractivity contribution in [1.82, 2.24) is 4.72 Å². The van der Waals surface area contributed by atoms with E-state index in [2.05, 4.69) is 4.72 Å². The first-order chi connectivity index (χ1) is 11.3. The molecule has 130 valence electrons. The van der Waals surface area contributed by atoms with Gasteiger partial charge in [0.15, 0.2) is 0 Å². The number of aliphatic hydroxyl groups is 1. The molecule has 0 amide bonds. The van der Waals surface area contributed by atoms with Crippen LogP contribution >= 0.6 is 0 Å². The Labute approximate surface area is 140 Å². The van der Waals surface area contributed by atoms with Crippen molar-refractivity contribution in [2.45, 2.75) is 17.4 Å². The van der Waals surface area contributed by atoms with Crippen LogP contribution in [-0.4, -0.2) is 46.2 Å². The molecule has 2 aromatic carbocycles. The van der Waals surface area contributed by atoms with Gasteiger partial charge in [-0.15, -0.1) is 0 Å². The van der Waals surface area contributed by atoms with Gasteiger partial charge in [-0.25, -0.2) is 13.1 Å². The third kappa shape index (κ3) is 3.66. The Morgan fingerprint density at radius 2 is 1.83 bits per heavy atom. The molecule has 0 saturated carbocycles. The van der Waals surface area contributed by atoms with Crippen molar-refractivity contribution in [3.05, 3.63) is 36.4 Å². The maximum Gasteiger partial charge on any atom is 0.241 e. The molecule has 2 N–H and O–H groups in total. The number of benzene rings is 2. The smallest absolute Gasteiger partial charge is 0.241 e. The van der Waals surface area contributed by atoms with Gasteiger partial charge in [0.1, 0.15) is 0 Å². The van der Waals surface area contributed by atoms with Gasteiger partial charge in [0.2, 0.25) is 10.0 Å². The second kappa shape index (κ2) is 7.16. The quantitative estimate of drug-likeness (QED) is 0.708. The average Bonchev–Trinajstić information content (AvgIpc) is 2.52. The largest absolute Gasteiger partial charge is 0.548 e. The van der Waals surface area contributed by atoms with Crippen LogP contribution < -0.4 is 14.7 Å². The predicted octanol–water partition coefficient (Wildman–Crippen LogP) is -0.315. The third-order valence-corrected chi connectivity index (χ3v) is 5.16. The Morgan fingerprint density at radius 3 is 2.42 bits per heavy atom. The number of aliphatic carboxylic acids is 1. The molecule has 1 atom stereocenters. The highest BCUT2D eigenvalue weighted by Gasteiger charge is 2.23. The number of rotatable bonds is 7. The highest BCUT2D eigenvalue weighted by molar-refractivity contribution is 7.89. The van der Waals surface area contributed by atoms with Gasteiger partial charge in [0, 0.05) is 37.2 Å². The van der Waals surface area contributed by atoms with Crippen LogP contribution in [0.25, 0.3) is 10.8 Å². The highest BCUT2D eigenvalue weighted by atomic mass is 32.2. The molecule has 0 spiro atoms. The van der Waals surface area contributed by atoms with Crippen LogP contribution in [0.5, 0.6) is 0 Å². The molecule has 0 saturated heterocycles. The number of nitrogens with one attached hydrogen (secondary N) is 1. The van der Waals surface area contributed by atoms with Gasteiger partial charge in [-0.05, 0) is 18.6 Å². The maximum atomic E-state index is 12.6. The second-order valence-electron chi connectivity index (χ2n) is 5.53. The molecule has 24 heavy (non-hydrogen) atoms. The van der Waals surface area contributed by atoms with E-state index in [1.54, 1.807) is 24.3 Å². The van der Waals surface area contributed by atoms with Crippen LogP contribution in [0, 0.1) is 0 Å². The Bertz CT molecular complexity index is 849. The van der Waals surface area contributed by atoms with Gasteiger partial charge in [-0.1, -0.05) is 24.3 Å². The van der Waals surface area contributed by atoms with Crippen LogP contribution in [0.2, 0.25) is 0 Å². The summed E-state index contributed by atoms with van der Waals surface area (Å²) in [6, 6.07) is 8.58. The van der Waals surface area contributed by atoms with Gasteiger partial charge in [0.25, 0.3) is 0 Å². The Hall–Kier alpha value is -2.16. The Balaban J connectivity index is 2.55. The summed E-state index contributed by atoms with van der Waals surface area (Å²) in [6.07, 6.45) is -0.269. The van der Waals surface area contributed by atoms with Crippen molar-refractivity contribution in [3.8, 4) is 0 Å². The van der Waals surface area contributed by atoms with Gasteiger partial charge in [-0.2, -0.15) is 0 Å². The predicted molar refractivity (Wildman–Crippen MR) is 89.1 cm³/mol. The topological polar surface area (TPSA) is 110 Å². The van der Waals surface area contributed by atoms with E-state index in [1.165, 1.54) is 6.07 Å². The summed E-state index contributed by atoms with van der Waals surface area (Å²) in [5.41, 5.74) is 0.844. The van der Waals surface area contributed by atoms with Crippen molar-refractivity contribution in [2.75, 3.05) is 25.6 Å². The van der Waals surface area contributed by atoms with Crippen molar-refractivity contribution in [3.63, 3.8) is 0 Å². The Kier molecular flexibility index (Phi) is 5.43. The molecule has 0 fully saturated rings. The number of fused-ring (bicyclic) bond motifs is 1. The first-order valence-electron chi connectivity index (χ1n) is 7.31. The van der Waals surface area contributed by atoms with Crippen molar-refractivity contribution in [1.29, 1.82) is 0 Å². The van der Waals surface area contributed by atoms with E-state index in [4.69, 9.17) is 5.11 Å². The molecule has 0 aromatic heterocycles. The van der Waals surface area contributed by atoms with Crippen LogP contribution in [0.1, 0.15) is 6.42 Å². The van der Waals surface area contributed by atoms with Gasteiger partial charge < -0.3 is 19.9 Å². The molecule has 0 heterocycles. The zero-order valence-corrected chi connectivity index (χ0v) is 14.2. The van der Waals surface area contributed by atoms with E-state index in [0.717, 1.165) is 11.1 Å². The number of hydrogen-bond donors (Lipinski definition) is 2. The fourth-order valence-corrected chi connectivity index (χ4v) is 3.93. The lowest BCUT2D eigenvalue weighted by molar-refractivity contribution is -0.308. The summed E-state index contributed by atoms with van der Waals surface area (Å²) in [5.74, 6) is -1.58. The molecule has 7 nitrogen and oxygen atoms in total. The molecular formula is C16H19N2O5S-. The van der Waals surface area contributed by atoms with E-state index in [0.29, 0.717) is 5.39 Å². The standard InChI is InChI=1S/C16H20N2O5S/c1-18(2)14-7-3-6-12-11(14)5-4-8-15(12)24(22,23)17-13(9-10-19)16(20)21/h3-8,13,17,19H,9-10H2,1-2H3,(H,20,21)/p-1. The summed E-state index contributed by atoms with van der Waals surface area (Å²) < 4.78 is 27.3. The molecule has 2 aromatic rings. The van der Waals surface area contributed by atoms with Crippen molar-refractivity contribution >= 4 is 32.5 Å². The number of nitrogens with zero attached hydrogens (tertiary/aromatic N) is 1. The summed E-state index contributed by atoms with van der Waals surface area (Å²) in [6.45, 7) is -0.471. The van der Waals surface area contributed by atoms with Gasteiger partial charge >= 0.3 is 0 Å². The minimum atomic E-state index is -4.10. The lowest BCUT2D eigenvalue weighted by Crippen LogP contribution is -2.48. The number of sulfonamides is 1. The number of carboxylic acids is 1. The molecule has 1 unspecified atom stereocenters. The number of anilines is 1. The minimum absolute atomic E-state index is 0.0205. The second-order valence-corrected chi connectivity index (χ2v) is 7.21. The van der Waals surface area contributed by atoms with Crippen LogP contribution in [-0.2, 0) is 14.8 Å². The van der Waals surface area contributed by atoms with E-state index < -0.39 is 28.6 Å². The first kappa shape index (κ1) is 18.2. The van der Waals surface area contributed by atoms with Crippen LogP contribution in [0.15, 0.2) is 41.3 Å². The van der Waals surface area contributed by atoms with E-state index >= 15 is 0 Å². The summed E-state index contributed by atoms with van der Waals surface area (Å²) in [5, 5.41) is 21.2. The first-order valence-corrected chi connectivity index (χ1v) is 8.79. The van der Waals surface area contributed by atoms with Crippen LogP contribution in [0.4, 0.5) is 5.69 Å². The highest BCUT2D eigenvalue weighted by Crippen LogP contribution is 2.30. The fourth-order valence-electron chi connectivity index (χ4n) is 2.49. The summed E-state index contributed by atoms with van der Waals surface area (Å²) in [4.78, 5) is 12.9. The van der Waals surface area contributed by atoms with E-state index in [-0.39, 0.29) is 11.3 Å². The molecule has 0 aliphatic carbocycles. The third-order valence-electron chi connectivity index (χ3n) is 3.63. The number of carbonyl (C=O) groups is 1. The molecular weight excluding hydrogens is 332 g/mol. The molecule has 0 aliphatic rings. The fraction of sp³-hybridized carbons (Fsp3) is 0.312. The minimum Gasteiger partial charge on any atom is -0.548 e. The molecule has 0 bridgehead atoms. The van der Waals surface area contributed by atoms with Crippen LogP contribution in [0.3, 0.4) is 0 Å². The number of carboxylic acid groups (broad SMARTS) is 1. The molecule has 8 heteroatoms. The average molecular weight is 351 g/mol. The van der Waals surface area contributed by atoms with Crippen molar-refractivity contribution < 1.29 is 23.4 Å². The lowest BCUT2D eigenvalue weighted by atomic mass is 10.1. The zero-order chi connectivity index (χ0) is 17.9. The summed E-state index contributed by atoms with van der Waals surface area (Å²) >= 11 is 0. The van der Waals surface area contributed by atoms with Crippen molar-refractivity contribution in [2.24, 2.45) is 0 Å². The number of aliphatic hydroxyl groups excluding tert-OH is 1. The maximum absolute atomic E-state index is 12.6. The summed E-state index contributed by atoms with van der Waals surface area (Å²) in [7, 11) is -0.399. The monoisotopic (exact) mass is 351 g/mol. The molecule has 0 radical (unpaired) electrons. The molecule has 2 rings (SSSR count). The lowest BCUT2D eigenvalue weighted by Gasteiger charge is -2.20. The Morgan fingerprint density at radius 1 is 1.21 bits per heavy atom.